The van der Waals surface area contributed by atoms with Gasteiger partial charge in [-0.2, -0.15) is 0 Å². The van der Waals surface area contributed by atoms with E-state index in [2.05, 4.69) is 4.98 Å². The minimum atomic E-state index is -1.07. The van der Waals surface area contributed by atoms with Crippen LogP contribution in [0.1, 0.15) is 18.4 Å². The van der Waals surface area contributed by atoms with E-state index in [1.54, 1.807) is 6.92 Å². The molecule has 0 radical (unpaired) electrons. The summed E-state index contributed by atoms with van der Waals surface area (Å²) in [7, 11) is 0. The maximum absolute atomic E-state index is 10.9. The van der Waals surface area contributed by atoms with Crippen molar-refractivity contribution in [1.29, 1.82) is 0 Å². The Labute approximate surface area is 114 Å². The van der Waals surface area contributed by atoms with E-state index in [0.717, 1.165) is 27.4 Å². The molecule has 1 N–H and O–H groups in total. The van der Waals surface area contributed by atoms with Gasteiger partial charge in [0.25, 0.3) is 0 Å². The number of carboxylic acid groups (broad SMARTS) is 1. The van der Waals surface area contributed by atoms with Gasteiger partial charge in [-0.25, -0.2) is 0 Å². The van der Waals surface area contributed by atoms with Crippen LogP contribution in [0.2, 0.25) is 5.02 Å². The number of nitrogens with one attached hydrogen (secondary N) is 1. The zero-order valence-electron chi connectivity index (χ0n) is 10.2. The van der Waals surface area contributed by atoms with Crippen LogP contribution in [0.4, 0.5) is 0 Å². The van der Waals surface area contributed by atoms with Crippen LogP contribution in [0, 0.1) is 0 Å². The smallest absolute Gasteiger partial charge is 0.0486 e. The molecule has 1 atom stereocenters. The summed E-state index contributed by atoms with van der Waals surface area (Å²) in [5, 5.41) is 13.7. The number of carbonyl (C=O) groups excluding carboxylic acids is 1. The summed E-state index contributed by atoms with van der Waals surface area (Å²) in [5.74, 6) is -1.70. The molecule has 3 nitrogen and oxygen atoms in total. The highest BCUT2D eigenvalue weighted by molar-refractivity contribution is 6.31. The third kappa shape index (κ3) is 1.96. The highest BCUT2D eigenvalue weighted by atomic mass is 35.5. The third-order valence-electron chi connectivity index (χ3n) is 3.44. The van der Waals surface area contributed by atoms with Crippen molar-refractivity contribution in [2.75, 3.05) is 0 Å². The number of halogens is 1. The van der Waals surface area contributed by atoms with Gasteiger partial charge in [0.2, 0.25) is 0 Å². The first-order chi connectivity index (χ1) is 9.06. The molecule has 0 aliphatic heterocycles. The molecule has 0 bridgehead atoms. The van der Waals surface area contributed by atoms with Gasteiger partial charge < -0.3 is 14.9 Å². The van der Waals surface area contributed by atoms with Crippen molar-refractivity contribution in [3.05, 3.63) is 47.0 Å². The Bertz CT molecular complexity index is 791. The van der Waals surface area contributed by atoms with Crippen molar-refractivity contribution >= 4 is 39.4 Å². The second-order valence-electron chi connectivity index (χ2n) is 4.66. The zero-order chi connectivity index (χ0) is 13.6. The molecule has 1 aromatic heterocycles. The monoisotopic (exact) mass is 272 g/mol. The molecule has 0 aliphatic rings. The first-order valence-electron chi connectivity index (χ1n) is 5.98. The lowest BCUT2D eigenvalue weighted by Gasteiger charge is -2.12. The molecule has 3 aromatic rings. The molecule has 19 heavy (non-hydrogen) atoms. The molecule has 0 saturated heterocycles. The van der Waals surface area contributed by atoms with E-state index in [-0.39, 0.29) is 0 Å². The van der Waals surface area contributed by atoms with Crippen LogP contribution in [0.5, 0.6) is 0 Å². The Morgan fingerprint density at radius 3 is 2.68 bits per heavy atom. The average molecular weight is 273 g/mol. The molecular weight excluding hydrogens is 262 g/mol. The fourth-order valence-electron chi connectivity index (χ4n) is 2.30. The lowest BCUT2D eigenvalue weighted by molar-refractivity contribution is -0.307. The van der Waals surface area contributed by atoms with E-state index < -0.39 is 11.9 Å². The summed E-state index contributed by atoms with van der Waals surface area (Å²) < 4.78 is 0. The molecular formula is C15H11ClNO2-. The number of hydrogen-bond donors (Lipinski definition) is 1. The number of fused-ring (bicyclic) bond motifs is 3. The summed E-state index contributed by atoms with van der Waals surface area (Å²) in [6, 6.07) is 11.2. The Kier molecular flexibility index (Phi) is 2.72. The van der Waals surface area contributed by atoms with Crippen LogP contribution < -0.4 is 5.11 Å². The van der Waals surface area contributed by atoms with Gasteiger partial charge in [-0.3, -0.25) is 0 Å². The van der Waals surface area contributed by atoms with Gasteiger partial charge >= 0.3 is 0 Å². The standard InChI is InChI=1S/C15H12ClNO2/c1-8(15(18)19)9-2-4-11-12-7-10(16)3-5-13(12)17-14(11)6-9/h2-8,17H,1H3,(H,18,19)/p-1/t8-/m1/s1. The van der Waals surface area contributed by atoms with Crippen molar-refractivity contribution in [2.45, 2.75) is 12.8 Å². The van der Waals surface area contributed by atoms with Gasteiger partial charge in [0, 0.05) is 38.7 Å². The molecule has 1 heterocycles. The number of rotatable bonds is 2. The first kappa shape index (κ1) is 12.1. The number of aliphatic carboxylic acids is 1. The van der Waals surface area contributed by atoms with Crippen molar-refractivity contribution in [1.82, 2.24) is 4.98 Å². The summed E-state index contributed by atoms with van der Waals surface area (Å²) in [5.41, 5.74) is 2.62. The second kappa shape index (κ2) is 4.28. The van der Waals surface area contributed by atoms with Crippen molar-refractivity contribution in [3.8, 4) is 0 Å². The zero-order valence-corrected chi connectivity index (χ0v) is 11.0. The topological polar surface area (TPSA) is 55.9 Å². The minimum absolute atomic E-state index is 0.626. The Hall–Kier alpha value is -2.00. The summed E-state index contributed by atoms with van der Waals surface area (Å²) in [4.78, 5) is 14.2. The molecule has 0 fully saturated rings. The van der Waals surface area contributed by atoms with E-state index in [0.29, 0.717) is 5.02 Å². The van der Waals surface area contributed by atoms with Crippen molar-refractivity contribution in [3.63, 3.8) is 0 Å². The fourth-order valence-corrected chi connectivity index (χ4v) is 2.47. The van der Waals surface area contributed by atoms with E-state index in [1.807, 2.05) is 36.4 Å². The van der Waals surface area contributed by atoms with Gasteiger partial charge in [0.05, 0.1) is 0 Å². The summed E-state index contributed by atoms with van der Waals surface area (Å²) in [6.07, 6.45) is 0. The maximum atomic E-state index is 10.9. The number of benzene rings is 2. The number of hydrogen-bond acceptors (Lipinski definition) is 2. The number of H-pyrrole nitrogens is 1. The number of aromatic nitrogens is 1. The van der Waals surface area contributed by atoms with Gasteiger partial charge in [-0.05, 0) is 29.8 Å². The van der Waals surface area contributed by atoms with Gasteiger partial charge in [0.15, 0.2) is 0 Å². The third-order valence-corrected chi connectivity index (χ3v) is 3.67. The summed E-state index contributed by atoms with van der Waals surface area (Å²) in [6.45, 7) is 1.62. The highest BCUT2D eigenvalue weighted by Crippen LogP contribution is 2.29. The highest BCUT2D eigenvalue weighted by Gasteiger charge is 2.10. The predicted octanol–water partition coefficient (Wildman–Crippen LogP) is 2.83. The first-order valence-corrected chi connectivity index (χ1v) is 6.36. The average Bonchev–Trinajstić information content (AvgIpc) is 2.74. The molecule has 0 amide bonds. The van der Waals surface area contributed by atoms with Crippen molar-refractivity contribution in [2.24, 2.45) is 0 Å². The van der Waals surface area contributed by atoms with Crippen LogP contribution in [-0.4, -0.2) is 11.0 Å². The van der Waals surface area contributed by atoms with E-state index >= 15 is 0 Å². The quantitative estimate of drug-likeness (QED) is 0.780. The Morgan fingerprint density at radius 2 is 1.95 bits per heavy atom. The largest absolute Gasteiger partial charge is 0.550 e. The van der Waals surface area contributed by atoms with E-state index in [4.69, 9.17) is 11.6 Å². The van der Waals surface area contributed by atoms with Gasteiger partial charge in [0.1, 0.15) is 0 Å². The lowest BCUT2D eigenvalue weighted by atomic mass is 10.00. The molecule has 0 spiro atoms. The van der Waals surface area contributed by atoms with E-state index in [1.165, 1.54) is 0 Å². The molecule has 0 aliphatic carbocycles. The number of carbonyl (C=O) groups is 1. The molecule has 3 rings (SSSR count). The van der Waals surface area contributed by atoms with Crippen molar-refractivity contribution < 1.29 is 9.90 Å². The number of carboxylic acids is 1. The van der Waals surface area contributed by atoms with E-state index in [9.17, 15) is 9.90 Å². The van der Waals surface area contributed by atoms with Crippen LogP contribution in [0.25, 0.3) is 21.8 Å². The molecule has 96 valence electrons. The van der Waals surface area contributed by atoms with Crippen LogP contribution in [0.15, 0.2) is 36.4 Å². The maximum Gasteiger partial charge on any atom is 0.0486 e. The molecule has 0 saturated carbocycles. The second-order valence-corrected chi connectivity index (χ2v) is 5.10. The van der Waals surface area contributed by atoms with Crippen LogP contribution in [0.3, 0.4) is 0 Å². The Balaban J connectivity index is 2.24. The Morgan fingerprint density at radius 1 is 1.16 bits per heavy atom. The van der Waals surface area contributed by atoms with Crippen LogP contribution >= 0.6 is 11.6 Å². The molecule has 2 aromatic carbocycles. The molecule has 4 heteroatoms. The molecule has 0 unspecified atom stereocenters. The fraction of sp³-hybridized carbons (Fsp3) is 0.133. The normalized spacial score (nSPS) is 12.9. The predicted molar refractivity (Wildman–Crippen MR) is 74.2 cm³/mol. The van der Waals surface area contributed by atoms with Gasteiger partial charge in [-0.1, -0.05) is 30.7 Å². The summed E-state index contributed by atoms with van der Waals surface area (Å²) >= 11 is 6.00. The lowest BCUT2D eigenvalue weighted by Crippen LogP contribution is -2.27. The minimum Gasteiger partial charge on any atom is -0.550 e. The van der Waals surface area contributed by atoms with Gasteiger partial charge in [-0.15, -0.1) is 0 Å². The van der Waals surface area contributed by atoms with Crippen LogP contribution in [-0.2, 0) is 4.79 Å². The SMILES string of the molecule is C[C@@H](C(=O)[O-])c1ccc2c(c1)[nH]c1ccc(Cl)cc12. The number of aromatic amines is 1.